The summed E-state index contributed by atoms with van der Waals surface area (Å²) in [5.74, 6) is -1.67. The maximum absolute atomic E-state index is 13.4. The highest BCUT2D eigenvalue weighted by atomic mass is 19.1. The molecule has 5 heteroatoms. The molecule has 4 nitrogen and oxygen atoms in total. The number of halogens is 1. The van der Waals surface area contributed by atoms with Gasteiger partial charge in [-0.1, -0.05) is 30.3 Å². The molecule has 1 aliphatic rings. The average Bonchev–Trinajstić information content (AvgIpc) is 2.80. The van der Waals surface area contributed by atoms with E-state index in [0.29, 0.717) is 0 Å². The van der Waals surface area contributed by atoms with Gasteiger partial charge in [-0.15, -0.1) is 0 Å². The second kappa shape index (κ2) is 6.46. The molecule has 1 heterocycles. The maximum Gasteiger partial charge on any atom is 0.321 e. The predicted molar refractivity (Wildman–Crippen MR) is 80.8 cm³/mol. The third-order valence-electron chi connectivity index (χ3n) is 4.57. The van der Waals surface area contributed by atoms with Gasteiger partial charge in [0.1, 0.15) is 0 Å². The Balaban J connectivity index is 2.30. The lowest BCUT2D eigenvalue weighted by Gasteiger charge is -2.27. The monoisotopic (exact) mass is 307 g/mol. The molecule has 3 atom stereocenters. The lowest BCUT2D eigenvalue weighted by Crippen LogP contribution is -2.43. The summed E-state index contributed by atoms with van der Waals surface area (Å²) in [5.41, 5.74) is -0.477. The molecular weight excluding hydrogens is 285 g/mol. The molecule has 1 aromatic carbocycles. The van der Waals surface area contributed by atoms with Gasteiger partial charge in [0, 0.05) is 12.5 Å². The largest absolute Gasteiger partial charge is 0.465 e. The Hall–Kier alpha value is -1.91. The van der Waals surface area contributed by atoms with Crippen LogP contribution in [0.5, 0.6) is 0 Å². The smallest absolute Gasteiger partial charge is 0.321 e. The van der Waals surface area contributed by atoms with Gasteiger partial charge in [-0.25, -0.2) is 0 Å². The molecule has 0 radical (unpaired) electrons. The zero-order valence-electron chi connectivity index (χ0n) is 13.2. The van der Waals surface area contributed by atoms with Crippen molar-refractivity contribution in [3.8, 4) is 0 Å². The number of amides is 1. The fourth-order valence-electron chi connectivity index (χ4n) is 2.96. The summed E-state index contributed by atoms with van der Waals surface area (Å²) in [6.45, 7) is 4.74. The van der Waals surface area contributed by atoms with Crippen LogP contribution in [0, 0.1) is 11.3 Å². The lowest BCUT2D eigenvalue weighted by molar-refractivity contribution is -0.162. The Morgan fingerprint density at radius 2 is 2.09 bits per heavy atom. The van der Waals surface area contributed by atoms with E-state index in [1.807, 2.05) is 37.3 Å². The quantitative estimate of drug-likeness (QED) is 0.621. The summed E-state index contributed by atoms with van der Waals surface area (Å²) in [4.78, 5) is 26.6. The van der Waals surface area contributed by atoms with E-state index in [1.54, 1.807) is 11.8 Å². The molecular formula is C17H22FNO3. The van der Waals surface area contributed by atoms with Gasteiger partial charge in [0.05, 0.1) is 19.3 Å². The van der Waals surface area contributed by atoms with Crippen molar-refractivity contribution in [2.75, 3.05) is 19.8 Å². The van der Waals surface area contributed by atoms with Crippen molar-refractivity contribution >= 4 is 11.9 Å². The lowest BCUT2D eigenvalue weighted by atomic mass is 9.80. The van der Waals surface area contributed by atoms with E-state index in [4.69, 9.17) is 4.74 Å². The zero-order chi connectivity index (χ0) is 16.3. The number of esters is 1. The molecule has 1 fully saturated rings. The standard InChI is InChI=1S/C17H22FNO3/c1-4-22-16(21)17(3)14(10-18)11-19(15(17)20)12(2)13-8-6-5-7-9-13/h5-9,12,14H,4,10-11H2,1-3H3/t12-,14+,17-/m1/s1. The predicted octanol–water partition coefficient (Wildman–Crippen LogP) is 2.74. The van der Waals surface area contributed by atoms with Crippen molar-refractivity contribution in [2.45, 2.75) is 26.8 Å². The van der Waals surface area contributed by atoms with Crippen LogP contribution < -0.4 is 0 Å². The van der Waals surface area contributed by atoms with Gasteiger partial charge in [-0.2, -0.15) is 0 Å². The molecule has 1 aliphatic heterocycles. The first-order valence-corrected chi connectivity index (χ1v) is 7.56. The number of alkyl halides is 1. The van der Waals surface area contributed by atoms with Gasteiger partial charge >= 0.3 is 5.97 Å². The fraction of sp³-hybridized carbons (Fsp3) is 0.529. The van der Waals surface area contributed by atoms with Gasteiger partial charge < -0.3 is 9.64 Å². The van der Waals surface area contributed by atoms with Crippen LogP contribution >= 0.6 is 0 Å². The number of benzene rings is 1. The van der Waals surface area contributed by atoms with Crippen LogP contribution in [0.15, 0.2) is 30.3 Å². The first-order chi connectivity index (χ1) is 10.5. The number of hydrogen-bond donors (Lipinski definition) is 0. The van der Waals surface area contributed by atoms with E-state index in [2.05, 4.69) is 0 Å². The van der Waals surface area contributed by atoms with E-state index >= 15 is 0 Å². The van der Waals surface area contributed by atoms with Gasteiger partial charge in [0.25, 0.3) is 0 Å². The Morgan fingerprint density at radius 1 is 1.45 bits per heavy atom. The van der Waals surface area contributed by atoms with Crippen LogP contribution in [0.1, 0.15) is 32.4 Å². The summed E-state index contributed by atoms with van der Waals surface area (Å²) >= 11 is 0. The van der Waals surface area contributed by atoms with Gasteiger partial charge in [-0.3, -0.25) is 14.0 Å². The second-order valence-corrected chi connectivity index (χ2v) is 5.82. The van der Waals surface area contributed by atoms with Crippen molar-refractivity contribution in [2.24, 2.45) is 11.3 Å². The molecule has 0 saturated carbocycles. The second-order valence-electron chi connectivity index (χ2n) is 5.82. The maximum atomic E-state index is 13.4. The molecule has 2 rings (SSSR count). The van der Waals surface area contributed by atoms with Crippen LogP contribution in [0.3, 0.4) is 0 Å². The van der Waals surface area contributed by atoms with E-state index in [-0.39, 0.29) is 25.1 Å². The van der Waals surface area contributed by atoms with Crippen molar-refractivity contribution in [3.05, 3.63) is 35.9 Å². The Labute approximate surface area is 130 Å². The minimum Gasteiger partial charge on any atom is -0.465 e. The van der Waals surface area contributed by atoms with E-state index in [1.165, 1.54) is 6.92 Å². The van der Waals surface area contributed by atoms with Crippen molar-refractivity contribution in [1.29, 1.82) is 0 Å². The highest BCUT2D eigenvalue weighted by Crippen LogP contribution is 2.42. The first kappa shape index (κ1) is 16.5. The number of carbonyl (C=O) groups is 2. The van der Waals surface area contributed by atoms with Crippen molar-refractivity contribution < 1.29 is 18.7 Å². The molecule has 0 unspecified atom stereocenters. The van der Waals surface area contributed by atoms with Crippen LogP contribution in [-0.4, -0.2) is 36.6 Å². The summed E-state index contributed by atoms with van der Waals surface area (Å²) in [6, 6.07) is 9.31. The fourth-order valence-corrected chi connectivity index (χ4v) is 2.96. The Morgan fingerprint density at radius 3 is 2.64 bits per heavy atom. The van der Waals surface area contributed by atoms with Crippen LogP contribution in [0.25, 0.3) is 0 Å². The summed E-state index contributed by atoms with van der Waals surface area (Å²) in [5, 5.41) is 0. The third kappa shape index (κ3) is 2.60. The molecule has 1 saturated heterocycles. The molecule has 0 aliphatic carbocycles. The van der Waals surface area contributed by atoms with E-state index in [9.17, 15) is 14.0 Å². The third-order valence-corrected chi connectivity index (χ3v) is 4.57. The highest BCUT2D eigenvalue weighted by Gasteiger charge is 2.57. The minimum absolute atomic E-state index is 0.176. The number of carbonyl (C=O) groups excluding carboxylic acids is 2. The highest BCUT2D eigenvalue weighted by molar-refractivity contribution is 6.04. The van der Waals surface area contributed by atoms with E-state index in [0.717, 1.165) is 5.56 Å². The number of nitrogens with zero attached hydrogens (tertiary/aromatic N) is 1. The van der Waals surface area contributed by atoms with Crippen molar-refractivity contribution in [3.63, 3.8) is 0 Å². The molecule has 0 aromatic heterocycles. The van der Waals surface area contributed by atoms with Gasteiger partial charge in [0.15, 0.2) is 5.41 Å². The molecule has 120 valence electrons. The zero-order valence-corrected chi connectivity index (χ0v) is 13.2. The molecule has 0 spiro atoms. The number of ether oxygens (including phenoxy) is 1. The normalized spacial score (nSPS) is 26.1. The molecule has 1 aromatic rings. The van der Waals surface area contributed by atoms with Crippen molar-refractivity contribution in [1.82, 2.24) is 4.90 Å². The number of likely N-dealkylation sites (tertiary alicyclic amines) is 1. The summed E-state index contributed by atoms with van der Waals surface area (Å²) in [7, 11) is 0. The Bertz CT molecular complexity index is 548. The Kier molecular flexibility index (Phi) is 4.84. The number of rotatable bonds is 5. The van der Waals surface area contributed by atoms with E-state index < -0.39 is 24.0 Å². The molecule has 0 N–H and O–H groups in total. The van der Waals surface area contributed by atoms with Crippen LogP contribution in [0.4, 0.5) is 4.39 Å². The molecule has 22 heavy (non-hydrogen) atoms. The average molecular weight is 307 g/mol. The molecule has 0 bridgehead atoms. The first-order valence-electron chi connectivity index (χ1n) is 7.56. The van der Waals surface area contributed by atoms with Gasteiger partial charge in [0.2, 0.25) is 5.91 Å². The SMILES string of the molecule is CCOC(=O)[C@@]1(C)C(=O)N([C@H](C)c2ccccc2)C[C@@H]1CF. The summed E-state index contributed by atoms with van der Waals surface area (Å²) in [6.07, 6.45) is 0. The summed E-state index contributed by atoms with van der Waals surface area (Å²) < 4.78 is 18.4. The minimum atomic E-state index is -1.44. The van der Waals surface area contributed by atoms with Gasteiger partial charge in [-0.05, 0) is 26.3 Å². The topological polar surface area (TPSA) is 46.6 Å². The van der Waals surface area contributed by atoms with Crippen LogP contribution in [-0.2, 0) is 14.3 Å². The number of hydrogen-bond acceptors (Lipinski definition) is 3. The van der Waals surface area contributed by atoms with Crippen LogP contribution in [0.2, 0.25) is 0 Å². The molecule has 1 amide bonds.